The molecule has 9 nitrogen and oxygen atoms in total. The summed E-state index contributed by atoms with van der Waals surface area (Å²) < 4.78 is 37.5. The molecule has 9 atom stereocenters. The van der Waals surface area contributed by atoms with Crippen molar-refractivity contribution in [2.75, 3.05) is 13.2 Å². The van der Waals surface area contributed by atoms with Gasteiger partial charge in [-0.1, -0.05) is 66.9 Å². The third-order valence-corrected chi connectivity index (χ3v) is 21.3. The Morgan fingerprint density at radius 1 is 1.06 bits per heavy atom. The maximum absolute atomic E-state index is 13.9. The highest BCUT2D eigenvalue weighted by atomic mass is 28.4. The molecule has 0 aromatic rings. The van der Waals surface area contributed by atoms with Gasteiger partial charge in [0, 0.05) is 25.4 Å². The molecule has 0 amide bonds. The van der Waals surface area contributed by atoms with Gasteiger partial charge in [0.2, 0.25) is 0 Å². The van der Waals surface area contributed by atoms with Crippen LogP contribution < -0.4 is 0 Å². The van der Waals surface area contributed by atoms with E-state index >= 15 is 0 Å². The van der Waals surface area contributed by atoms with E-state index in [2.05, 4.69) is 87.5 Å². The third-order valence-electron chi connectivity index (χ3n) is 12.3. The van der Waals surface area contributed by atoms with Gasteiger partial charge in [0.05, 0.1) is 30.3 Å². The van der Waals surface area contributed by atoms with Crippen molar-refractivity contribution in [3.63, 3.8) is 0 Å². The summed E-state index contributed by atoms with van der Waals surface area (Å²) in [5, 5.41) is 12.4. The van der Waals surface area contributed by atoms with E-state index < -0.39 is 64.7 Å². The van der Waals surface area contributed by atoms with Crippen molar-refractivity contribution in [3.8, 4) is 0 Å². The molecular formula is C38H64O9Si2. The molecule has 0 bridgehead atoms. The first kappa shape index (κ1) is 40.2. The van der Waals surface area contributed by atoms with Gasteiger partial charge in [-0.25, -0.2) is 9.59 Å². The van der Waals surface area contributed by atoms with Crippen LogP contribution in [0.4, 0.5) is 0 Å². The fourth-order valence-electron chi connectivity index (χ4n) is 7.24. The molecule has 0 spiro atoms. The second kappa shape index (κ2) is 14.4. The van der Waals surface area contributed by atoms with Gasteiger partial charge >= 0.3 is 11.9 Å². The standard InChI is InChI=1S/C38H64O9Si2/c1-23-19-29(45-34(39)24(2)22-43-48(11,12)36(5,6)7)32-33(31-26(4)28(20-27(23)31)47-49(13,14)37(8,9)10)46-35(40)38(32,41)21-25(3)44-30-17-15-16-18-42-30/h25,27-33,41H,1-2,4,15-22H2,3,5-14H3/t25?,27-,28-,29-,30?,31-,32+,33+,38-/m0/s1. The molecule has 4 fully saturated rings. The van der Waals surface area contributed by atoms with Crippen molar-refractivity contribution in [1.29, 1.82) is 0 Å². The van der Waals surface area contributed by atoms with Gasteiger partial charge in [0.1, 0.15) is 12.2 Å². The van der Waals surface area contributed by atoms with Gasteiger partial charge in [-0.05, 0) is 80.4 Å². The van der Waals surface area contributed by atoms with Crippen molar-refractivity contribution in [3.05, 3.63) is 36.5 Å². The van der Waals surface area contributed by atoms with Crippen LogP contribution in [0.3, 0.4) is 0 Å². The first-order valence-corrected chi connectivity index (χ1v) is 24.0. The lowest BCUT2D eigenvalue weighted by Crippen LogP contribution is -2.52. The molecule has 4 aliphatic rings. The van der Waals surface area contributed by atoms with Crippen molar-refractivity contribution < 1.29 is 42.5 Å². The number of aliphatic hydroxyl groups is 1. The molecule has 49 heavy (non-hydrogen) atoms. The summed E-state index contributed by atoms with van der Waals surface area (Å²) in [6, 6.07) is 0. The minimum atomic E-state index is -2.17. The summed E-state index contributed by atoms with van der Waals surface area (Å²) in [5.74, 6) is -2.73. The molecule has 2 aliphatic heterocycles. The number of hydrogen-bond donors (Lipinski definition) is 1. The van der Waals surface area contributed by atoms with Crippen molar-refractivity contribution in [1.82, 2.24) is 0 Å². The van der Waals surface area contributed by atoms with Crippen LogP contribution in [0.25, 0.3) is 0 Å². The Hall–Kier alpha value is -1.61. The number of rotatable bonds is 11. The number of hydrogen-bond acceptors (Lipinski definition) is 9. The van der Waals surface area contributed by atoms with Crippen LogP contribution in [0.2, 0.25) is 36.3 Å². The highest BCUT2D eigenvalue weighted by Gasteiger charge is 2.66. The molecule has 2 aliphatic carbocycles. The summed E-state index contributed by atoms with van der Waals surface area (Å²) >= 11 is 0. The van der Waals surface area contributed by atoms with Crippen LogP contribution in [0, 0.1) is 17.8 Å². The molecule has 4 rings (SSSR count). The summed E-state index contributed by atoms with van der Waals surface area (Å²) in [4.78, 5) is 27.6. The third kappa shape index (κ3) is 8.39. The van der Waals surface area contributed by atoms with Crippen LogP contribution in [-0.4, -0.2) is 83.2 Å². The minimum Gasteiger partial charge on any atom is -0.459 e. The minimum absolute atomic E-state index is 0.00821. The smallest absolute Gasteiger partial charge is 0.339 e. The van der Waals surface area contributed by atoms with E-state index in [1.165, 1.54) is 0 Å². The first-order chi connectivity index (χ1) is 22.4. The number of ether oxygens (including phenoxy) is 4. The fraction of sp³-hybridized carbons (Fsp3) is 0.789. The van der Waals surface area contributed by atoms with E-state index in [0.717, 1.165) is 30.4 Å². The zero-order chi connectivity index (χ0) is 36.9. The number of carbonyl (C=O) groups excluding carboxylic acids is 2. The summed E-state index contributed by atoms with van der Waals surface area (Å²) in [7, 11) is -4.34. The maximum Gasteiger partial charge on any atom is 0.339 e. The zero-order valence-corrected chi connectivity index (χ0v) is 34.1. The van der Waals surface area contributed by atoms with Gasteiger partial charge in [-0.2, -0.15) is 0 Å². The largest absolute Gasteiger partial charge is 0.459 e. The summed E-state index contributed by atoms with van der Waals surface area (Å²) in [6.07, 6.45) is 0.686. The van der Waals surface area contributed by atoms with Gasteiger partial charge in [-0.15, -0.1) is 0 Å². The average molecular weight is 721 g/mol. The SMILES string of the molecule is C=C(CO[Si](C)(C)C(C)(C)C)C(=O)O[C@H]1CC(=C)[C@@H]2C[C@H](O[Si](C)(C)C(C)(C)C)C(=C)[C@@H]2[C@H]2OC(=O)[C@](O)(CC(C)OC3CCCCO3)[C@@H]21. The number of carbonyl (C=O) groups is 2. The molecule has 0 aromatic heterocycles. The Morgan fingerprint density at radius 3 is 2.27 bits per heavy atom. The van der Waals surface area contributed by atoms with E-state index in [4.69, 9.17) is 27.8 Å². The maximum atomic E-state index is 13.9. The van der Waals surface area contributed by atoms with Gasteiger partial charge in [0.15, 0.2) is 28.5 Å². The lowest BCUT2D eigenvalue weighted by atomic mass is 9.74. The summed E-state index contributed by atoms with van der Waals surface area (Å²) in [5.41, 5.74) is -0.108. The molecule has 2 unspecified atom stereocenters. The molecular weight excluding hydrogens is 657 g/mol. The van der Waals surface area contributed by atoms with Gasteiger partial charge in [-0.3, -0.25) is 0 Å². The van der Waals surface area contributed by atoms with E-state index in [-0.39, 0.29) is 53.0 Å². The van der Waals surface area contributed by atoms with Crippen LogP contribution in [-0.2, 0) is 37.4 Å². The molecule has 0 radical (unpaired) electrons. The molecule has 1 N–H and O–H groups in total. The van der Waals surface area contributed by atoms with Crippen LogP contribution in [0.5, 0.6) is 0 Å². The molecule has 11 heteroatoms. The van der Waals surface area contributed by atoms with Crippen LogP contribution >= 0.6 is 0 Å². The van der Waals surface area contributed by atoms with Crippen LogP contribution in [0.15, 0.2) is 36.5 Å². The molecule has 2 saturated carbocycles. The molecule has 2 heterocycles. The van der Waals surface area contributed by atoms with Crippen molar-refractivity contribution >= 4 is 28.6 Å². The Labute approximate surface area is 297 Å². The Bertz CT molecular complexity index is 1290. The highest BCUT2D eigenvalue weighted by molar-refractivity contribution is 6.74. The van der Waals surface area contributed by atoms with Crippen LogP contribution in [0.1, 0.15) is 87.0 Å². The number of esters is 2. The lowest BCUT2D eigenvalue weighted by Gasteiger charge is -2.39. The van der Waals surface area contributed by atoms with E-state index in [1.54, 1.807) is 0 Å². The normalized spacial score (nSPS) is 33.4. The first-order valence-electron chi connectivity index (χ1n) is 18.2. The Kier molecular flexibility index (Phi) is 11.8. The quantitative estimate of drug-likeness (QED) is 0.0998. The second-order valence-electron chi connectivity index (χ2n) is 18.0. The molecule has 2 saturated heterocycles. The predicted octanol–water partition coefficient (Wildman–Crippen LogP) is 7.61. The Balaban J connectivity index is 1.64. The van der Waals surface area contributed by atoms with Gasteiger partial charge < -0.3 is 32.9 Å². The summed E-state index contributed by atoms with van der Waals surface area (Å²) in [6.45, 7) is 37.2. The van der Waals surface area contributed by atoms with E-state index in [9.17, 15) is 14.7 Å². The van der Waals surface area contributed by atoms with E-state index in [1.807, 2.05) is 6.92 Å². The monoisotopic (exact) mass is 720 g/mol. The predicted molar refractivity (Wildman–Crippen MR) is 196 cm³/mol. The molecule has 0 aromatic carbocycles. The average Bonchev–Trinajstić information content (AvgIpc) is 3.37. The number of fused-ring (bicyclic) bond motifs is 3. The van der Waals surface area contributed by atoms with Crippen molar-refractivity contribution in [2.24, 2.45) is 17.8 Å². The Morgan fingerprint density at radius 2 is 1.69 bits per heavy atom. The molecule has 278 valence electrons. The zero-order valence-electron chi connectivity index (χ0n) is 32.1. The highest BCUT2D eigenvalue weighted by Crippen LogP contribution is 2.56. The second-order valence-corrected chi connectivity index (χ2v) is 27.6. The topological polar surface area (TPSA) is 110 Å². The van der Waals surface area contributed by atoms with Gasteiger partial charge in [0.25, 0.3) is 0 Å². The lowest BCUT2D eigenvalue weighted by molar-refractivity contribution is -0.200. The fourth-order valence-corrected chi connectivity index (χ4v) is 9.52. The van der Waals surface area contributed by atoms with Crippen molar-refractivity contribution in [2.45, 2.75) is 160 Å². The van der Waals surface area contributed by atoms with E-state index in [0.29, 0.717) is 13.0 Å².